The van der Waals surface area contributed by atoms with Crippen LogP contribution in [0.1, 0.15) is 57.4 Å². The summed E-state index contributed by atoms with van der Waals surface area (Å²) in [5, 5.41) is 1.29. The number of benzene rings is 1. The molecule has 174 valence electrons. The molecule has 2 aromatic rings. The second-order valence-electron chi connectivity index (χ2n) is 9.06. The quantitative estimate of drug-likeness (QED) is 0.654. The zero-order chi connectivity index (χ0) is 23.6. The van der Waals surface area contributed by atoms with Gasteiger partial charge in [0.2, 0.25) is 0 Å². The molecule has 32 heavy (non-hydrogen) atoms. The SMILES string of the molecule is CCOC(=O)[C@H]1CC[C@@H](N(C(=O)OC(C)(C)C)C(=O)c2cc3cc(Cl)ccc3[nH]2)[C@H](N)C1. The number of ether oxygens (including phenoxy) is 2. The van der Waals surface area contributed by atoms with Gasteiger partial charge in [-0.2, -0.15) is 0 Å². The number of aromatic amines is 1. The lowest BCUT2D eigenvalue weighted by atomic mass is 9.82. The van der Waals surface area contributed by atoms with Gasteiger partial charge in [-0.15, -0.1) is 0 Å². The van der Waals surface area contributed by atoms with E-state index in [2.05, 4.69) is 4.98 Å². The van der Waals surface area contributed by atoms with Crippen LogP contribution < -0.4 is 5.73 Å². The summed E-state index contributed by atoms with van der Waals surface area (Å²) in [5.74, 6) is -1.20. The van der Waals surface area contributed by atoms with E-state index in [-0.39, 0.29) is 17.6 Å². The predicted octanol–water partition coefficient (Wildman–Crippen LogP) is 4.26. The van der Waals surface area contributed by atoms with Crippen molar-refractivity contribution in [1.82, 2.24) is 9.88 Å². The molecule has 1 aromatic carbocycles. The van der Waals surface area contributed by atoms with Crippen molar-refractivity contribution in [2.45, 2.75) is 64.6 Å². The third kappa shape index (κ3) is 5.42. The second-order valence-corrected chi connectivity index (χ2v) is 9.50. The molecule has 3 N–H and O–H groups in total. The Labute approximate surface area is 192 Å². The number of rotatable bonds is 4. The molecule has 1 saturated carbocycles. The number of carbonyl (C=O) groups excluding carboxylic acids is 3. The highest BCUT2D eigenvalue weighted by Crippen LogP contribution is 2.31. The van der Waals surface area contributed by atoms with Gasteiger partial charge in [0.1, 0.15) is 11.3 Å². The molecule has 0 saturated heterocycles. The molecular weight excluding hydrogens is 434 g/mol. The molecule has 0 bridgehead atoms. The molecule has 3 atom stereocenters. The molecule has 1 aliphatic rings. The summed E-state index contributed by atoms with van der Waals surface area (Å²) in [6.45, 7) is 7.24. The molecule has 0 aliphatic heterocycles. The standard InChI is InChI=1S/C23H30ClN3O5/c1-5-31-21(29)13-6-9-19(16(25)11-13)27(22(30)32-23(2,3)4)20(28)18-12-14-10-15(24)7-8-17(14)26-18/h7-8,10,12-13,16,19,26H,5-6,9,11,25H2,1-4H3/t13-,16+,19+/m0/s1. The molecule has 1 heterocycles. The van der Waals surface area contributed by atoms with Gasteiger partial charge in [0, 0.05) is 22.0 Å². The molecular formula is C23H30ClN3O5. The number of carbonyl (C=O) groups is 3. The van der Waals surface area contributed by atoms with Gasteiger partial charge in [0.15, 0.2) is 0 Å². The first-order valence-electron chi connectivity index (χ1n) is 10.8. The number of H-pyrrole nitrogens is 1. The van der Waals surface area contributed by atoms with Gasteiger partial charge >= 0.3 is 12.1 Å². The Bertz CT molecular complexity index is 1010. The molecule has 1 fully saturated rings. The van der Waals surface area contributed by atoms with Crippen molar-refractivity contribution < 1.29 is 23.9 Å². The number of nitrogens with zero attached hydrogens (tertiary/aromatic N) is 1. The average Bonchev–Trinajstić information content (AvgIpc) is 3.11. The Morgan fingerprint density at radius 3 is 2.56 bits per heavy atom. The topological polar surface area (TPSA) is 115 Å². The van der Waals surface area contributed by atoms with Gasteiger partial charge in [0.25, 0.3) is 5.91 Å². The molecule has 0 spiro atoms. The Morgan fingerprint density at radius 2 is 1.94 bits per heavy atom. The fourth-order valence-corrected chi connectivity index (χ4v) is 4.19. The van der Waals surface area contributed by atoms with Crippen LogP contribution >= 0.6 is 11.6 Å². The van der Waals surface area contributed by atoms with Crippen molar-refractivity contribution in [3.05, 3.63) is 35.0 Å². The summed E-state index contributed by atoms with van der Waals surface area (Å²) < 4.78 is 10.7. The van der Waals surface area contributed by atoms with Crippen LogP contribution in [-0.2, 0) is 14.3 Å². The molecule has 3 rings (SSSR count). The number of nitrogens with one attached hydrogen (secondary N) is 1. The lowest BCUT2D eigenvalue weighted by Crippen LogP contribution is -2.57. The Balaban J connectivity index is 1.90. The molecule has 1 aromatic heterocycles. The number of aromatic nitrogens is 1. The average molecular weight is 464 g/mol. The van der Waals surface area contributed by atoms with Gasteiger partial charge < -0.3 is 20.2 Å². The minimum Gasteiger partial charge on any atom is -0.466 e. The van der Waals surface area contributed by atoms with Gasteiger partial charge in [-0.1, -0.05) is 11.6 Å². The minimum atomic E-state index is -0.796. The number of hydrogen-bond acceptors (Lipinski definition) is 6. The maximum absolute atomic E-state index is 13.5. The van der Waals surface area contributed by atoms with Crippen LogP contribution in [0.25, 0.3) is 10.9 Å². The first kappa shape index (κ1) is 24.1. The van der Waals surface area contributed by atoms with Crippen LogP contribution in [-0.4, -0.2) is 52.1 Å². The Kier molecular flexibility index (Phi) is 7.15. The third-order valence-corrected chi connectivity index (χ3v) is 5.67. The summed E-state index contributed by atoms with van der Waals surface area (Å²) in [6.07, 6.45) is 0.390. The van der Waals surface area contributed by atoms with E-state index < -0.39 is 29.7 Å². The molecule has 1 aliphatic carbocycles. The molecule has 2 amide bonds. The largest absolute Gasteiger partial charge is 0.466 e. The smallest absolute Gasteiger partial charge is 0.417 e. The summed E-state index contributed by atoms with van der Waals surface area (Å²) in [7, 11) is 0. The maximum Gasteiger partial charge on any atom is 0.417 e. The number of amides is 2. The lowest BCUT2D eigenvalue weighted by Gasteiger charge is -2.39. The van der Waals surface area contributed by atoms with Crippen molar-refractivity contribution in [2.24, 2.45) is 11.7 Å². The summed E-state index contributed by atoms with van der Waals surface area (Å²) >= 11 is 6.06. The fraction of sp³-hybridized carbons (Fsp3) is 0.522. The van der Waals surface area contributed by atoms with Crippen LogP contribution in [0.4, 0.5) is 4.79 Å². The van der Waals surface area contributed by atoms with Crippen LogP contribution in [0.2, 0.25) is 5.02 Å². The second kappa shape index (κ2) is 9.50. The number of halogens is 1. The van der Waals surface area contributed by atoms with Crippen LogP contribution in [0.3, 0.4) is 0 Å². The van der Waals surface area contributed by atoms with E-state index in [1.165, 1.54) is 0 Å². The molecule has 0 unspecified atom stereocenters. The maximum atomic E-state index is 13.5. The number of fused-ring (bicyclic) bond motifs is 1. The van der Waals surface area contributed by atoms with Crippen LogP contribution in [0.15, 0.2) is 24.3 Å². The fourth-order valence-electron chi connectivity index (χ4n) is 4.01. The van der Waals surface area contributed by atoms with E-state index in [0.29, 0.717) is 30.9 Å². The van der Waals surface area contributed by atoms with E-state index in [0.717, 1.165) is 15.8 Å². The van der Waals surface area contributed by atoms with Crippen molar-refractivity contribution >= 4 is 40.5 Å². The monoisotopic (exact) mass is 463 g/mol. The minimum absolute atomic E-state index is 0.229. The van der Waals surface area contributed by atoms with E-state index >= 15 is 0 Å². The Hall–Kier alpha value is -2.58. The number of nitrogens with two attached hydrogens (primary N) is 1. The first-order chi connectivity index (χ1) is 15.0. The van der Waals surface area contributed by atoms with Gasteiger partial charge in [-0.3, -0.25) is 9.59 Å². The summed E-state index contributed by atoms with van der Waals surface area (Å²) in [5.41, 5.74) is 6.53. The van der Waals surface area contributed by atoms with E-state index in [9.17, 15) is 14.4 Å². The van der Waals surface area contributed by atoms with Gasteiger partial charge in [-0.25, -0.2) is 9.69 Å². The molecule has 0 radical (unpaired) electrons. The van der Waals surface area contributed by atoms with E-state index in [4.69, 9.17) is 26.8 Å². The third-order valence-electron chi connectivity index (χ3n) is 5.44. The first-order valence-corrected chi connectivity index (χ1v) is 11.1. The summed E-state index contributed by atoms with van der Waals surface area (Å²) in [4.78, 5) is 42.9. The number of hydrogen-bond donors (Lipinski definition) is 2. The zero-order valence-corrected chi connectivity index (χ0v) is 19.6. The zero-order valence-electron chi connectivity index (χ0n) is 18.8. The number of esters is 1. The van der Waals surface area contributed by atoms with Crippen LogP contribution in [0.5, 0.6) is 0 Å². The number of imide groups is 1. The van der Waals surface area contributed by atoms with E-state index in [1.54, 1.807) is 52.0 Å². The van der Waals surface area contributed by atoms with Crippen LogP contribution in [0, 0.1) is 5.92 Å². The highest BCUT2D eigenvalue weighted by Gasteiger charge is 2.42. The van der Waals surface area contributed by atoms with E-state index in [1.807, 2.05) is 0 Å². The van der Waals surface area contributed by atoms with Crippen molar-refractivity contribution in [3.8, 4) is 0 Å². The molecule has 8 nitrogen and oxygen atoms in total. The van der Waals surface area contributed by atoms with Crippen molar-refractivity contribution in [2.75, 3.05) is 6.61 Å². The highest BCUT2D eigenvalue weighted by atomic mass is 35.5. The van der Waals surface area contributed by atoms with Crippen molar-refractivity contribution in [1.29, 1.82) is 0 Å². The lowest BCUT2D eigenvalue weighted by molar-refractivity contribution is -0.149. The highest BCUT2D eigenvalue weighted by molar-refractivity contribution is 6.31. The van der Waals surface area contributed by atoms with Gasteiger partial charge in [0.05, 0.1) is 18.6 Å². The normalized spacial score (nSPS) is 21.2. The molecule has 9 heteroatoms. The Morgan fingerprint density at radius 1 is 1.22 bits per heavy atom. The summed E-state index contributed by atoms with van der Waals surface area (Å²) in [6, 6.07) is 5.66. The van der Waals surface area contributed by atoms with Crippen molar-refractivity contribution in [3.63, 3.8) is 0 Å². The van der Waals surface area contributed by atoms with Gasteiger partial charge in [-0.05, 0) is 71.2 Å². The predicted molar refractivity (Wildman–Crippen MR) is 121 cm³/mol.